The van der Waals surface area contributed by atoms with Gasteiger partial charge in [-0.25, -0.2) is 4.79 Å². The summed E-state index contributed by atoms with van der Waals surface area (Å²) in [5.41, 5.74) is 5.87. The van der Waals surface area contributed by atoms with Crippen LogP contribution in [0.1, 0.15) is 238 Å². The number of hydrogen-bond donors (Lipinski definition) is 0. The van der Waals surface area contributed by atoms with Gasteiger partial charge in [-0.15, -0.1) is 4.89 Å². The van der Waals surface area contributed by atoms with Gasteiger partial charge < -0.3 is 9.64 Å². The van der Waals surface area contributed by atoms with Crippen LogP contribution >= 0.6 is 0 Å². The molecule has 1 amide bonds. The van der Waals surface area contributed by atoms with Crippen molar-refractivity contribution in [2.24, 2.45) is 0 Å². The highest BCUT2D eigenvalue weighted by Gasteiger charge is 2.42. The number of benzene rings is 2. The molecular weight excluding hydrogens is 845 g/mol. The van der Waals surface area contributed by atoms with Crippen molar-refractivity contribution in [2.45, 2.75) is 227 Å². The Labute approximate surface area is 413 Å². The lowest BCUT2D eigenvalue weighted by Crippen LogP contribution is -2.39. The van der Waals surface area contributed by atoms with Crippen molar-refractivity contribution in [1.82, 2.24) is 4.90 Å². The second-order valence-electron chi connectivity index (χ2n) is 22.0. The van der Waals surface area contributed by atoms with Gasteiger partial charge in [0, 0.05) is 47.1 Å². The van der Waals surface area contributed by atoms with E-state index in [0.29, 0.717) is 34.7 Å². The summed E-state index contributed by atoms with van der Waals surface area (Å²) in [4.78, 5) is 58.3. The predicted octanol–water partition coefficient (Wildman–Crippen LogP) is 15.6. The number of Topliss-reactive ketones (excluding diaryl/α,β-unsaturated/α-hetero) is 2. The molecule has 2 atom stereocenters. The van der Waals surface area contributed by atoms with Gasteiger partial charge in [-0.1, -0.05) is 227 Å². The zero-order chi connectivity index (χ0) is 49.7. The maximum atomic E-state index is 15.7. The summed E-state index contributed by atoms with van der Waals surface area (Å²) in [6.07, 6.45) is 23.8. The van der Waals surface area contributed by atoms with Crippen LogP contribution in [0.5, 0.6) is 0 Å². The van der Waals surface area contributed by atoms with E-state index in [4.69, 9.17) is 14.5 Å². The third-order valence-corrected chi connectivity index (χ3v) is 14.5. The lowest BCUT2D eigenvalue weighted by Gasteiger charge is -2.32. The molecule has 8 heteroatoms. The number of methoxy groups -OCH3 is 1. The van der Waals surface area contributed by atoms with E-state index in [2.05, 4.69) is 108 Å². The zero-order valence-corrected chi connectivity index (χ0v) is 44.8. The third kappa shape index (κ3) is 17.1. The summed E-state index contributed by atoms with van der Waals surface area (Å²) >= 11 is 0. The number of amides is 1. The molecule has 1 aliphatic heterocycles. The predicted molar refractivity (Wildman–Crippen MR) is 281 cm³/mol. The highest BCUT2D eigenvalue weighted by atomic mass is 17.2. The summed E-state index contributed by atoms with van der Waals surface area (Å²) < 4.78 is 7.47. The Morgan fingerprint density at radius 1 is 0.603 bits per heavy atom. The monoisotopic (exact) mass is 938 g/mol. The Morgan fingerprint density at radius 2 is 1.00 bits per heavy atom. The first-order valence-electron chi connectivity index (χ1n) is 27.0. The van der Waals surface area contributed by atoms with E-state index in [9.17, 15) is 4.79 Å². The van der Waals surface area contributed by atoms with E-state index in [1.54, 1.807) is 4.90 Å². The Balaban J connectivity index is 1.73. The minimum Gasteiger partial charge on any atom is -0.453 e. The van der Waals surface area contributed by atoms with Gasteiger partial charge >= 0.3 is 12.0 Å². The molecule has 378 valence electrons. The molecule has 0 radical (unpaired) electrons. The van der Waals surface area contributed by atoms with Crippen LogP contribution in [0.2, 0.25) is 0 Å². The average Bonchev–Trinajstić information content (AvgIpc) is 3.76. The van der Waals surface area contributed by atoms with Crippen molar-refractivity contribution in [3.63, 3.8) is 0 Å². The van der Waals surface area contributed by atoms with Gasteiger partial charge in [0.1, 0.15) is 13.0 Å². The fourth-order valence-electron chi connectivity index (χ4n) is 9.87. The van der Waals surface area contributed by atoms with Gasteiger partial charge in [0.25, 0.3) is 6.73 Å². The molecule has 8 nitrogen and oxygen atoms in total. The van der Waals surface area contributed by atoms with Gasteiger partial charge in [0.15, 0.2) is 11.6 Å². The number of carbonyl (C=O) groups excluding carboxylic acids is 3. The minimum absolute atomic E-state index is 0.0120. The highest BCUT2D eigenvalue weighted by Crippen LogP contribution is 2.42. The molecule has 2 aromatic carbocycles. The first-order chi connectivity index (χ1) is 32.5. The lowest BCUT2D eigenvalue weighted by molar-refractivity contribution is -0.557. The van der Waals surface area contributed by atoms with E-state index in [1.165, 1.54) is 115 Å². The maximum absolute atomic E-state index is 15.7. The van der Waals surface area contributed by atoms with Gasteiger partial charge in [0.05, 0.1) is 13.7 Å². The zero-order valence-electron chi connectivity index (χ0n) is 44.8. The summed E-state index contributed by atoms with van der Waals surface area (Å²) in [7, 11) is 1.39. The maximum Gasteiger partial charge on any atom is 0.409 e. The standard InChI is InChI=1S/C60H93N2O6/c1-12-14-16-18-20-22-24-26-28-30-40-61(58(65)66-11)43-52-55(46(4)48-34-38-50(39-35-48)60(8,9)10)56(63)51(54(57(52)64)45(3)47-32-36-49(37-33-47)59(5,6)7)42-53-62(44-67-68-53)41-31-29-27-25-23-21-19-17-15-13-2/h32-39,45-46H,12-31,40-44H2,1-11H3/q+1. The molecule has 4 rings (SSSR count). The van der Waals surface area contributed by atoms with Gasteiger partial charge in [-0.2, -0.15) is 4.58 Å². The lowest BCUT2D eigenvalue weighted by atomic mass is 9.72. The second-order valence-corrected chi connectivity index (χ2v) is 22.0. The smallest absolute Gasteiger partial charge is 0.409 e. The number of hydrogen-bond acceptors (Lipinski definition) is 6. The van der Waals surface area contributed by atoms with E-state index in [-0.39, 0.29) is 42.1 Å². The Hall–Kier alpha value is -4.04. The molecule has 0 fully saturated rings. The molecule has 0 saturated carbocycles. The molecule has 0 N–H and O–H groups in total. The number of allylic oxidation sites excluding steroid dienone is 2. The Bertz CT molecular complexity index is 1980. The summed E-state index contributed by atoms with van der Waals surface area (Å²) in [5, 5.41) is 0. The fraction of sp³-hybridized carbons (Fsp3) is 0.667. The Morgan fingerprint density at radius 3 is 1.43 bits per heavy atom. The first-order valence-corrected chi connectivity index (χ1v) is 27.0. The van der Waals surface area contributed by atoms with E-state index >= 15 is 9.59 Å². The number of nitrogens with zero attached hydrogens (tertiary/aromatic N) is 2. The van der Waals surface area contributed by atoms with Crippen LogP contribution in [-0.2, 0) is 34.9 Å². The Kier molecular flexibility index (Phi) is 23.8. The van der Waals surface area contributed by atoms with Gasteiger partial charge in [0.2, 0.25) is 0 Å². The molecule has 2 aromatic rings. The van der Waals surface area contributed by atoms with E-state index < -0.39 is 17.9 Å². The molecule has 68 heavy (non-hydrogen) atoms. The van der Waals surface area contributed by atoms with Gasteiger partial charge in [-0.05, 0) is 45.9 Å². The molecule has 1 aliphatic carbocycles. The average molecular weight is 938 g/mol. The van der Waals surface area contributed by atoms with Crippen LogP contribution in [-0.4, -0.2) is 66.5 Å². The third-order valence-electron chi connectivity index (χ3n) is 14.5. The number of rotatable bonds is 30. The molecular formula is C60H93N2O6+. The summed E-state index contributed by atoms with van der Waals surface area (Å²) in [5.74, 6) is -0.658. The topological polar surface area (TPSA) is 85.2 Å². The second kappa shape index (κ2) is 28.6. The van der Waals surface area contributed by atoms with Crippen molar-refractivity contribution in [3.05, 3.63) is 93.1 Å². The molecule has 0 bridgehead atoms. The summed E-state index contributed by atoms with van der Waals surface area (Å²) in [6, 6.07) is 16.9. The van der Waals surface area contributed by atoms with Crippen LogP contribution in [0.3, 0.4) is 0 Å². The largest absolute Gasteiger partial charge is 0.453 e. The van der Waals surface area contributed by atoms with E-state index in [0.717, 1.165) is 49.8 Å². The van der Waals surface area contributed by atoms with Crippen LogP contribution in [0.4, 0.5) is 4.79 Å². The normalized spacial score (nSPS) is 15.6. The van der Waals surface area contributed by atoms with Crippen molar-refractivity contribution in [3.8, 4) is 0 Å². The SMILES string of the molecule is CCCCCCCCCCCCN(CC1=C(C(C)c2ccc(C(C)(C)C)cc2)C(=O)C(CC2=[N+](CCCCCCCCCCCC)COO2)=C(C(C)c2ccc(C(C)(C)C)cc2)C1=O)C(=O)OC. The fourth-order valence-corrected chi connectivity index (χ4v) is 9.87. The van der Waals surface area contributed by atoms with Crippen molar-refractivity contribution in [1.29, 1.82) is 0 Å². The van der Waals surface area contributed by atoms with Crippen LogP contribution in [0.15, 0.2) is 70.8 Å². The van der Waals surface area contributed by atoms with E-state index in [1.807, 2.05) is 13.8 Å². The molecule has 0 aromatic heterocycles. The molecule has 2 aliphatic rings. The summed E-state index contributed by atoms with van der Waals surface area (Å²) in [6.45, 7) is 23.1. The number of carbonyl (C=O) groups is 3. The quantitative estimate of drug-likeness (QED) is 0.0336. The molecule has 1 heterocycles. The number of ether oxygens (including phenoxy) is 1. The van der Waals surface area contributed by atoms with Crippen molar-refractivity contribution in [2.75, 3.05) is 33.5 Å². The van der Waals surface area contributed by atoms with Gasteiger partial charge in [-0.3, -0.25) is 14.5 Å². The number of ketones is 2. The van der Waals surface area contributed by atoms with Crippen molar-refractivity contribution >= 4 is 23.6 Å². The number of unbranched alkanes of at least 4 members (excludes halogenated alkanes) is 18. The first kappa shape index (κ1) is 56.5. The molecule has 0 saturated heterocycles. The minimum atomic E-state index is -0.493. The van der Waals surface area contributed by atoms with Crippen molar-refractivity contribution < 1.29 is 33.5 Å². The van der Waals surface area contributed by atoms with Crippen LogP contribution in [0.25, 0.3) is 0 Å². The highest BCUT2D eigenvalue weighted by molar-refractivity contribution is 6.27. The molecule has 0 spiro atoms. The van der Waals surface area contributed by atoms with Crippen LogP contribution < -0.4 is 0 Å². The molecule has 2 unspecified atom stereocenters. The van der Waals surface area contributed by atoms with Crippen LogP contribution in [0, 0.1) is 0 Å².